The van der Waals surface area contributed by atoms with Gasteiger partial charge in [-0.05, 0) is 43.3 Å². The second kappa shape index (κ2) is 11.5. The molecule has 0 aliphatic carbocycles. The van der Waals surface area contributed by atoms with Crippen LogP contribution in [0, 0.1) is 0 Å². The number of carbonyl (C=O) groups excluding carboxylic acids is 2. The summed E-state index contributed by atoms with van der Waals surface area (Å²) in [6.45, 7) is 3.37. The first-order valence-corrected chi connectivity index (χ1v) is 11.9. The Hall–Kier alpha value is -3.28. The topological polar surface area (TPSA) is 126 Å². The minimum Gasteiger partial charge on any atom is -0.493 e. The Morgan fingerprint density at radius 2 is 1.82 bits per heavy atom. The van der Waals surface area contributed by atoms with Gasteiger partial charge in [0, 0.05) is 24.2 Å². The van der Waals surface area contributed by atoms with Crippen LogP contribution in [0.4, 0.5) is 0 Å². The third-order valence-corrected chi connectivity index (χ3v) is 6.66. The molecule has 33 heavy (non-hydrogen) atoms. The molecule has 0 saturated carbocycles. The van der Waals surface area contributed by atoms with E-state index in [0.717, 1.165) is 0 Å². The van der Waals surface area contributed by atoms with Crippen molar-refractivity contribution < 1.29 is 27.5 Å². The van der Waals surface area contributed by atoms with Gasteiger partial charge in [0.2, 0.25) is 10.0 Å². The predicted octanol–water partition coefficient (Wildman–Crippen LogP) is 0.986. The molecule has 0 radical (unpaired) electrons. The zero-order chi connectivity index (χ0) is 23.7. The molecule has 2 aromatic carbocycles. The molecule has 2 N–H and O–H groups in total. The van der Waals surface area contributed by atoms with Crippen LogP contribution in [0.5, 0.6) is 5.75 Å². The summed E-state index contributed by atoms with van der Waals surface area (Å²) in [7, 11) is -3.64. The Kier molecular flexibility index (Phi) is 8.52. The molecule has 0 spiro atoms. The normalized spacial score (nSPS) is 14.7. The smallest absolute Gasteiger partial charge is 0.259 e. The van der Waals surface area contributed by atoms with E-state index in [1.807, 2.05) is 19.1 Å². The van der Waals surface area contributed by atoms with Crippen molar-refractivity contribution in [3.63, 3.8) is 0 Å². The lowest BCUT2D eigenvalue weighted by Gasteiger charge is -2.26. The first kappa shape index (κ1) is 24.4. The third-order valence-electron chi connectivity index (χ3n) is 4.75. The lowest BCUT2D eigenvalue weighted by Crippen LogP contribution is -2.40. The van der Waals surface area contributed by atoms with Crippen LogP contribution in [-0.4, -0.2) is 70.2 Å². The number of hydrogen-bond acceptors (Lipinski definition) is 7. The van der Waals surface area contributed by atoms with E-state index in [4.69, 9.17) is 9.47 Å². The van der Waals surface area contributed by atoms with Gasteiger partial charge in [0.1, 0.15) is 5.75 Å². The molecule has 0 unspecified atom stereocenters. The van der Waals surface area contributed by atoms with Gasteiger partial charge < -0.3 is 14.8 Å². The number of carbonyl (C=O) groups is 2. The number of hydrogen-bond donors (Lipinski definition) is 2. The lowest BCUT2D eigenvalue weighted by molar-refractivity contribution is -0.120. The minimum atomic E-state index is -3.64. The molecule has 2 amide bonds. The molecule has 0 aromatic heterocycles. The average molecular weight is 475 g/mol. The van der Waals surface area contributed by atoms with Gasteiger partial charge in [-0.3, -0.25) is 9.59 Å². The maximum absolute atomic E-state index is 12.6. The van der Waals surface area contributed by atoms with E-state index in [1.165, 1.54) is 34.8 Å². The molecule has 3 rings (SSSR count). The summed E-state index contributed by atoms with van der Waals surface area (Å²) in [5.41, 5.74) is 3.28. The zero-order valence-electron chi connectivity index (χ0n) is 18.2. The summed E-state index contributed by atoms with van der Waals surface area (Å²) >= 11 is 0. The number of sulfonamides is 1. The van der Waals surface area contributed by atoms with E-state index in [1.54, 1.807) is 12.1 Å². The summed E-state index contributed by atoms with van der Waals surface area (Å²) in [6, 6.07) is 12.8. The Morgan fingerprint density at radius 3 is 2.52 bits per heavy atom. The highest BCUT2D eigenvalue weighted by atomic mass is 32.2. The van der Waals surface area contributed by atoms with Gasteiger partial charge >= 0.3 is 0 Å². The Morgan fingerprint density at radius 1 is 1.12 bits per heavy atom. The van der Waals surface area contributed by atoms with E-state index in [0.29, 0.717) is 44.2 Å². The lowest BCUT2D eigenvalue weighted by atomic mass is 10.2. The number of morpholine rings is 1. The Bertz CT molecular complexity index is 1100. The maximum atomic E-state index is 12.6. The molecule has 1 saturated heterocycles. The molecule has 10 nitrogen and oxygen atoms in total. The number of ether oxygens (including phenoxy) is 2. The summed E-state index contributed by atoms with van der Waals surface area (Å²) in [6.07, 6.45) is 1.46. The molecule has 1 aliphatic heterocycles. The van der Waals surface area contributed by atoms with Crippen LogP contribution in [0.1, 0.15) is 22.8 Å². The number of nitrogens with zero attached hydrogens (tertiary/aromatic N) is 2. The summed E-state index contributed by atoms with van der Waals surface area (Å²) < 4.78 is 37.3. The van der Waals surface area contributed by atoms with Crippen molar-refractivity contribution in [2.24, 2.45) is 5.10 Å². The number of rotatable bonds is 9. The number of para-hydroxylation sites is 1. The summed E-state index contributed by atoms with van der Waals surface area (Å²) in [5, 5.41) is 6.36. The molecule has 176 valence electrons. The fourth-order valence-electron chi connectivity index (χ4n) is 3.06. The van der Waals surface area contributed by atoms with Gasteiger partial charge in [0.05, 0.1) is 37.5 Å². The molecule has 0 atom stereocenters. The maximum Gasteiger partial charge on any atom is 0.259 e. The van der Waals surface area contributed by atoms with Crippen LogP contribution < -0.4 is 15.5 Å². The van der Waals surface area contributed by atoms with Gasteiger partial charge in [-0.25, -0.2) is 13.8 Å². The molecular formula is C22H26N4O6S. The monoisotopic (exact) mass is 474 g/mol. The van der Waals surface area contributed by atoms with Gasteiger partial charge in [0.25, 0.3) is 11.8 Å². The van der Waals surface area contributed by atoms with Crippen molar-refractivity contribution in [3.8, 4) is 5.75 Å². The molecule has 1 aliphatic rings. The van der Waals surface area contributed by atoms with Gasteiger partial charge in [-0.15, -0.1) is 0 Å². The number of nitrogens with one attached hydrogen (secondary N) is 2. The van der Waals surface area contributed by atoms with Gasteiger partial charge in [-0.2, -0.15) is 9.41 Å². The number of amides is 2. The van der Waals surface area contributed by atoms with Crippen LogP contribution in [-0.2, 0) is 19.6 Å². The van der Waals surface area contributed by atoms with E-state index >= 15 is 0 Å². The first-order chi connectivity index (χ1) is 15.9. The molecule has 1 heterocycles. The van der Waals surface area contributed by atoms with Crippen molar-refractivity contribution >= 4 is 28.1 Å². The van der Waals surface area contributed by atoms with Gasteiger partial charge in [-0.1, -0.05) is 12.1 Å². The molecule has 2 aromatic rings. The van der Waals surface area contributed by atoms with Gasteiger partial charge in [0.15, 0.2) is 0 Å². The number of benzene rings is 2. The SMILES string of the molecule is CCOc1ccccc1C=NNC(=O)CNC(=O)c1ccc(S(=O)(=O)N2CCOCC2)cc1. The molecular weight excluding hydrogens is 448 g/mol. The summed E-state index contributed by atoms with van der Waals surface area (Å²) in [5.74, 6) is -0.378. The number of hydrazone groups is 1. The highest BCUT2D eigenvalue weighted by Crippen LogP contribution is 2.18. The third kappa shape index (κ3) is 6.60. The largest absolute Gasteiger partial charge is 0.493 e. The predicted molar refractivity (Wildman–Crippen MR) is 122 cm³/mol. The van der Waals surface area contributed by atoms with E-state index in [9.17, 15) is 18.0 Å². The van der Waals surface area contributed by atoms with E-state index in [2.05, 4.69) is 15.8 Å². The second-order valence-electron chi connectivity index (χ2n) is 6.99. The fourth-order valence-corrected chi connectivity index (χ4v) is 4.47. The molecule has 1 fully saturated rings. The quantitative estimate of drug-likeness (QED) is 0.412. The van der Waals surface area contributed by atoms with Crippen molar-refractivity contribution in [1.82, 2.24) is 15.0 Å². The first-order valence-electron chi connectivity index (χ1n) is 10.4. The second-order valence-corrected chi connectivity index (χ2v) is 8.93. The molecule has 0 bridgehead atoms. The standard InChI is InChI=1S/C22H26N4O6S/c1-2-32-20-6-4-3-5-18(20)15-24-25-21(27)16-23-22(28)17-7-9-19(10-8-17)33(29,30)26-11-13-31-14-12-26/h3-10,15H,2,11-14,16H2,1H3,(H,23,28)(H,25,27). The van der Waals surface area contributed by atoms with E-state index < -0.39 is 21.8 Å². The van der Waals surface area contributed by atoms with Crippen LogP contribution >= 0.6 is 0 Å². The zero-order valence-corrected chi connectivity index (χ0v) is 19.0. The average Bonchev–Trinajstić information content (AvgIpc) is 2.84. The Labute approximate surface area is 192 Å². The molecule has 11 heteroatoms. The van der Waals surface area contributed by atoms with Crippen LogP contribution in [0.2, 0.25) is 0 Å². The van der Waals surface area contributed by atoms with Crippen LogP contribution in [0.3, 0.4) is 0 Å². The van der Waals surface area contributed by atoms with Crippen LogP contribution in [0.15, 0.2) is 58.5 Å². The van der Waals surface area contributed by atoms with E-state index in [-0.39, 0.29) is 17.0 Å². The van der Waals surface area contributed by atoms with Crippen molar-refractivity contribution in [2.45, 2.75) is 11.8 Å². The highest BCUT2D eigenvalue weighted by Gasteiger charge is 2.26. The minimum absolute atomic E-state index is 0.0976. The van der Waals surface area contributed by atoms with Crippen molar-refractivity contribution in [2.75, 3.05) is 39.5 Å². The Balaban J connectivity index is 1.51. The highest BCUT2D eigenvalue weighted by molar-refractivity contribution is 7.89. The van der Waals surface area contributed by atoms with Crippen LogP contribution in [0.25, 0.3) is 0 Å². The van der Waals surface area contributed by atoms with Crippen molar-refractivity contribution in [1.29, 1.82) is 0 Å². The summed E-state index contributed by atoms with van der Waals surface area (Å²) in [4.78, 5) is 24.4. The van der Waals surface area contributed by atoms with Crippen molar-refractivity contribution in [3.05, 3.63) is 59.7 Å². The fraction of sp³-hybridized carbons (Fsp3) is 0.318.